The summed E-state index contributed by atoms with van der Waals surface area (Å²) in [7, 11) is 1.62. The van der Waals surface area contributed by atoms with Gasteiger partial charge in [-0.3, -0.25) is 9.59 Å². The summed E-state index contributed by atoms with van der Waals surface area (Å²) < 4.78 is 6.09. The molecule has 1 heterocycles. The molecular weight excluding hydrogens is 446 g/mol. The second kappa shape index (κ2) is 11.0. The van der Waals surface area contributed by atoms with Crippen molar-refractivity contribution in [3.63, 3.8) is 0 Å². The van der Waals surface area contributed by atoms with E-state index in [-0.39, 0.29) is 11.8 Å². The lowest BCUT2D eigenvalue weighted by Crippen LogP contribution is -2.49. The predicted octanol–water partition coefficient (Wildman–Crippen LogP) is 3.25. The predicted molar refractivity (Wildman–Crippen MR) is 122 cm³/mol. The van der Waals surface area contributed by atoms with Gasteiger partial charge in [-0.2, -0.15) is 0 Å². The van der Waals surface area contributed by atoms with Gasteiger partial charge in [0, 0.05) is 51.3 Å². The number of halogens is 1. The highest BCUT2D eigenvalue weighted by Crippen LogP contribution is 2.26. The zero-order valence-corrected chi connectivity index (χ0v) is 18.9. The molecule has 2 aromatic rings. The van der Waals surface area contributed by atoms with Crippen LogP contribution in [0.15, 0.2) is 53.0 Å². The van der Waals surface area contributed by atoms with Gasteiger partial charge in [0.05, 0.1) is 11.6 Å². The van der Waals surface area contributed by atoms with Crippen LogP contribution < -0.4 is 15.0 Å². The molecule has 2 aromatic carbocycles. The molecule has 0 spiro atoms. The maximum absolute atomic E-state index is 12.4. The van der Waals surface area contributed by atoms with E-state index in [2.05, 4.69) is 38.3 Å². The Labute approximate surface area is 186 Å². The van der Waals surface area contributed by atoms with E-state index in [1.807, 2.05) is 41.3 Å². The Kier molecular flexibility index (Phi) is 8.13. The second-order valence-electron chi connectivity index (χ2n) is 7.27. The van der Waals surface area contributed by atoms with Gasteiger partial charge in [0.2, 0.25) is 11.8 Å². The summed E-state index contributed by atoms with van der Waals surface area (Å²) in [5.41, 5.74) is 2.26. The lowest BCUT2D eigenvalue weighted by molar-refractivity contribution is -0.131. The first-order valence-corrected chi connectivity index (χ1v) is 11.0. The molecule has 0 bridgehead atoms. The van der Waals surface area contributed by atoms with Crippen LogP contribution in [0.5, 0.6) is 5.75 Å². The number of anilines is 1. The number of amides is 2. The number of nitrogens with one attached hydrogen (secondary N) is 1. The topological polar surface area (TPSA) is 61.9 Å². The molecule has 0 aliphatic carbocycles. The number of carbonyl (C=O) groups excluding carboxylic acids is 2. The Bertz CT molecular complexity index is 852. The van der Waals surface area contributed by atoms with Gasteiger partial charge in [-0.15, -0.1) is 0 Å². The zero-order chi connectivity index (χ0) is 21.3. The molecular formula is C23H28BrN3O3. The van der Waals surface area contributed by atoms with E-state index >= 15 is 0 Å². The van der Waals surface area contributed by atoms with Gasteiger partial charge in [-0.25, -0.2) is 0 Å². The van der Waals surface area contributed by atoms with E-state index in [0.717, 1.165) is 28.9 Å². The minimum atomic E-state index is -0.0383. The van der Waals surface area contributed by atoms with Gasteiger partial charge in [0.15, 0.2) is 0 Å². The van der Waals surface area contributed by atoms with Crippen LogP contribution in [0, 0.1) is 0 Å². The van der Waals surface area contributed by atoms with Gasteiger partial charge in [0.25, 0.3) is 0 Å². The quantitative estimate of drug-likeness (QED) is 0.638. The summed E-state index contributed by atoms with van der Waals surface area (Å²) in [4.78, 5) is 28.7. The molecule has 160 valence electrons. The van der Waals surface area contributed by atoms with Crippen molar-refractivity contribution in [1.82, 2.24) is 10.2 Å². The van der Waals surface area contributed by atoms with Crippen molar-refractivity contribution >= 4 is 33.4 Å². The average Bonchev–Trinajstić information content (AvgIpc) is 2.78. The van der Waals surface area contributed by atoms with E-state index in [1.165, 1.54) is 5.69 Å². The number of hydrogen-bond donors (Lipinski definition) is 1. The fraction of sp³-hybridized carbons (Fsp3) is 0.391. The van der Waals surface area contributed by atoms with Crippen molar-refractivity contribution in [2.24, 2.45) is 0 Å². The molecule has 0 radical (unpaired) electrons. The molecule has 1 fully saturated rings. The van der Waals surface area contributed by atoms with E-state index < -0.39 is 0 Å². The third kappa shape index (κ3) is 6.23. The molecule has 6 nitrogen and oxygen atoms in total. The number of para-hydroxylation sites is 1. The zero-order valence-electron chi connectivity index (χ0n) is 17.3. The third-order valence-electron chi connectivity index (χ3n) is 5.27. The summed E-state index contributed by atoms with van der Waals surface area (Å²) in [5, 5.41) is 2.86. The summed E-state index contributed by atoms with van der Waals surface area (Å²) in [6, 6.07) is 16.1. The van der Waals surface area contributed by atoms with Crippen molar-refractivity contribution in [1.29, 1.82) is 0 Å². The number of hydrogen-bond acceptors (Lipinski definition) is 4. The summed E-state index contributed by atoms with van der Waals surface area (Å²) in [5.74, 6) is 0.831. The maximum atomic E-state index is 12.4. The molecule has 3 rings (SSSR count). The Hall–Kier alpha value is -2.54. The van der Waals surface area contributed by atoms with Crippen molar-refractivity contribution in [3.8, 4) is 5.75 Å². The van der Waals surface area contributed by atoms with Crippen LogP contribution in [0.3, 0.4) is 0 Å². The maximum Gasteiger partial charge on any atom is 0.224 e. The Morgan fingerprint density at radius 1 is 1.03 bits per heavy atom. The number of carbonyl (C=O) groups is 2. The molecule has 0 saturated carbocycles. The van der Waals surface area contributed by atoms with Crippen LogP contribution in [0.4, 0.5) is 5.69 Å². The van der Waals surface area contributed by atoms with Crippen molar-refractivity contribution in [3.05, 3.63) is 58.6 Å². The molecule has 1 aliphatic heterocycles. The summed E-state index contributed by atoms with van der Waals surface area (Å²) in [6.07, 6.45) is 1.37. The Morgan fingerprint density at radius 2 is 1.77 bits per heavy atom. The Balaban J connectivity index is 1.33. The number of aryl methyl sites for hydroxylation is 1. The lowest BCUT2D eigenvalue weighted by Gasteiger charge is -2.36. The first kappa shape index (κ1) is 22.2. The highest BCUT2D eigenvalue weighted by molar-refractivity contribution is 9.10. The highest BCUT2D eigenvalue weighted by Gasteiger charge is 2.21. The van der Waals surface area contributed by atoms with Crippen molar-refractivity contribution in [2.75, 3.05) is 44.7 Å². The monoisotopic (exact) mass is 473 g/mol. The van der Waals surface area contributed by atoms with Gasteiger partial charge in [0.1, 0.15) is 5.75 Å². The van der Waals surface area contributed by atoms with Crippen LogP contribution in [-0.2, 0) is 16.0 Å². The fourth-order valence-electron chi connectivity index (χ4n) is 3.53. The van der Waals surface area contributed by atoms with Crippen LogP contribution >= 0.6 is 15.9 Å². The van der Waals surface area contributed by atoms with Crippen LogP contribution in [0.1, 0.15) is 18.4 Å². The number of nitrogens with zero attached hydrogens (tertiary/aromatic N) is 2. The summed E-state index contributed by atoms with van der Waals surface area (Å²) >= 11 is 3.46. The number of methoxy groups -OCH3 is 1. The second-order valence-corrected chi connectivity index (χ2v) is 8.13. The standard InChI is InChI=1S/C23H28BrN3O3/c1-30-21-9-7-18(17-20(21)24)8-10-22(28)25-12-11-23(29)27-15-13-26(14-16-27)19-5-3-2-4-6-19/h2-7,9,17H,8,10-16H2,1H3,(H,25,28). The van der Waals surface area contributed by atoms with Gasteiger partial charge in [-0.05, 0) is 52.2 Å². The molecule has 1 N–H and O–H groups in total. The normalized spacial score (nSPS) is 13.8. The molecule has 7 heteroatoms. The molecule has 30 heavy (non-hydrogen) atoms. The minimum absolute atomic E-state index is 0.0383. The number of ether oxygens (including phenoxy) is 1. The minimum Gasteiger partial charge on any atom is -0.496 e. The molecule has 0 unspecified atom stereocenters. The highest BCUT2D eigenvalue weighted by atomic mass is 79.9. The van der Waals surface area contributed by atoms with Gasteiger partial charge in [-0.1, -0.05) is 24.3 Å². The number of rotatable bonds is 8. The number of benzene rings is 2. The first-order chi connectivity index (χ1) is 14.6. The van der Waals surface area contributed by atoms with Crippen molar-refractivity contribution < 1.29 is 14.3 Å². The number of piperazine rings is 1. The SMILES string of the molecule is COc1ccc(CCC(=O)NCCC(=O)N2CCN(c3ccccc3)CC2)cc1Br. The average molecular weight is 474 g/mol. The van der Waals surface area contributed by atoms with E-state index in [1.54, 1.807) is 7.11 Å². The molecule has 0 aromatic heterocycles. The first-order valence-electron chi connectivity index (χ1n) is 10.2. The smallest absolute Gasteiger partial charge is 0.224 e. The van der Waals surface area contributed by atoms with Crippen LogP contribution in [0.2, 0.25) is 0 Å². The molecule has 2 amide bonds. The van der Waals surface area contributed by atoms with E-state index in [9.17, 15) is 9.59 Å². The van der Waals surface area contributed by atoms with Crippen molar-refractivity contribution in [2.45, 2.75) is 19.3 Å². The van der Waals surface area contributed by atoms with E-state index in [4.69, 9.17) is 4.74 Å². The Morgan fingerprint density at radius 3 is 2.43 bits per heavy atom. The molecule has 0 atom stereocenters. The molecule has 1 saturated heterocycles. The fourth-order valence-corrected chi connectivity index (χ4v) is 4.12. The van der Waals surface area contributed by atoms with Gasteiger partial charge < -0.3 is 19.9 Å². The van der Waals surface area contributed by atoms with Crippen LogP contribution in [0.25, 0.3) is 0 Å². The summed E-state index contributed by atoms with van der Waals surface area (Å²) in [6.45, 7) is 3.48. The largest absolute Gasteiger partial charge is 0.496 e. The third-order valence-corrected chi connectivity index (χ3v) is 5.89. The van der Waals surface area contributed by atoms with Crippen LogP contribution in [-0.4, -0.2) is 56.5 Å². The molecule has 1 aliphatic rings. The lowest BCUT2D eigenvalue weighted by atomic mass is 10.1. The van der Waals surface area contributed by atoms with E-state index in [0.29, 0.717) is 38.9 Å². The van der Waals surface area contributed by atoms with Gasteiger partial charge >= 0.3 is 0 Å².